The molecule has 0 saturated carbocycles. The molecule has 1 aromatic rings. The monoisotopic (exact) mass is 245 g/mol. The highest BCUT2D eigenvalue weighted by molar-refractivity contribution is 6.28. The van der Waals surface area contributed by atoms with Gasteiger partial charge < -0.3 is 20.4 Å². The number of β-amino-alcohol motifs (C(OH)–C–C–N with tert-alkyl or cyclic N) is 2. The third kappa shape index (κ3) is 2.16. The van der Waals surface area contributed by atoms with Crippen LogP contribution in [0.4, 0.5) is 11.9 Å². The van der Waals surface area contributed by atoms with Crippen LogP contribution in [0, 0.1) is 0 Å². The number of halogens is 1. The molecular formula is C8H12ClN5O2. The first-order valence-electron chi connectivity index (χ1n) is 4.80. The van der Waals surface area contributed by atoms with Gasteiger partial charge in [0.25, 0.3) is 0 Å². The fraction of sp³-hybridized carbons (Fsp3) is 0.625. The van der Waals surface area contributed by atoms with E-state index in [0.717, 1.165) is 0 Å². The van der Waals surface area contributed by atoms with Crippen molar-refractivity contribution in [1.29, 1.82) is 0 Å². The van der Waals surface area contributed by atoms with E-state index >= 15 is 0 Å². The van der Waals surface area contributed by atoms with Crippen molar-refractivity contribution in [1.82, 2.24) is 15.0 Å². The van der Waals surface area contributed by atoms with Gasteiger partial charge in [-0.2, -0.15) is 15.0 Å². The molecule has 0 bridgehead atoms. The van der Waals surface area contributed by atoms with Gasteiger partial charge in [0.15, 0.2) is 0 Å². The smallest absolute Gasteiger partial charge is 0.231 e. The Morgan fingerprint density at radius 2 is 1.88 bits per heavy atom. The Labute approximate surface area is 97.1 Å². The van der Waals surface area contributed by atoms with Gasteiger partial charge in [0.05, 0.1) is 12.2 Å². The zero-order valence-electron chi connectivity index (χ0n) is 8.63. The van der Waals surface area contributed by atoms with Gasteiger partial charge in [-0.25, -0.2) is 0 Å². The largest absolute Gasteiger partial charge is 0.388 e. The van der Waals surface area contributed by atoms with Gasteiger partial charge in [0.1, 0.15) is 0 Å². The second-order valence-electron chi connectivity index (χ2n) is 3.52. The summed E-state index contributed by atoms with van der Waals surface area (Å²) in [6.45, 7) is 0.565. The maximum atomic E-state index is 9.41. The van der Waals surface area contributed by atoms with E-state index < -0.39 is 12.2 Å². The van der Waals surface area contributed by atoms with E-state index in [1.807, 2.05) is 0 Å². The molecule has 7 nitrogen and oxygen atoms in total. The average Bonchev–Trinajstić information content (AvgIpc) is 2.58. The zero-order valence-corrected chi connectivity index (χ0v) is 9.39. The number of rotatable bonds is 2. The Morgan fingerprint density at radius 1 is 1.25 bits per heavy atom. The van der Waals surface area contributed by atoms with Crippen molar-refractivity contribution >= 4 is 23.5 Å². The third-order valence-electron chi connectivity index (χ3n) is 2.36. The van der Waals surface area contributed by atoms with Crippen molar-refractivity contribution in [3.63, 3.8) is 0 Å². The lowest BCUT2D eigenvalue weighted by Crippen LogP contribution is -2.24. The molecule has 8 heteroatoms. The van der Waals surface area contributed by atoms with Crippen LogP contribution in [-0.2, 0) is 0 Å². The highest BCUT2D eigenvalue weighted by Gasteiger charge is 2.31. The molecule has 1 fully saturated rings. The number of aliphatic hydroxyl groups is 2. The molecule has 2 rings (SSSR count). The van der Waals surface area contributed by atoms with E-state index in [1.54, 1.807) is 11.9 Å². The molecule has 2 heterocycles. The predicted octanol–water partition coefficient (Wildman–Crippen LogP) is -0.892. The minimum atomic E-state index is -0.784. The van der Waals surface area contributed by atoms with Crippen LogP contribution >= 0.6 is 11.6 Å². The highest BCUT2D eigenvalue weighted by Crippen LogP contribution is 2.19. The zero-order chi connectivity index (χ0) is 11.7. The van der Waals surface area contributed by atoms with Gasteiger partial charge in [-0.1, -0.05) is 0 Å². The van der Waals surface area contributed by atoms with Crippen LogP contribution in [0.3, 0.4) is 0 Å². The summed E-state index contributed by atoms with van der Waals surface area (Å²) >= 11 is 5.73. The molecule has 2 unspecified atom stereocenters. The second-order valence-corrected chi connectivity index (χ2v) is 3.86. The maximum Gasteiger partial charge on any atom is 0.231 e. The van der Waals surface area contributed by atoms with Crippen LogP contribution in [0.1, 0.15) is 0 Å². The van der Waals surface area contributed by atoms with Crippen molar-refractivity contribution < 1.29 is 10.2 Å². The van der Waals surface area contributed by atoms with Crippen molar-refractivity contribution in [2.24, 2.45) is 0 Å². The van der Waals surface area contributed by atoms with Crippen LogP contribution in [0.15, 0.2) is 0 Å². The minimum Gasteiger partial charge on any atom is -0.388 e. The first kappa shape index (κ1) is 11.3. The van der Waals surface area contributed by atoms with Crippen LogP contribution in [0.2, 0.25) is 5.28 Å². The van der Waals surface area contributed by atoms with E-state index in [1.165, 1.54) is 0 Å². The molecule has 0 radical (unpaired) electrons. The number of hydrogen-bond acceptors (Lipinski definition) is 7. The summed E-state index contributed by atoms with van der Waals surface area (Å²) in [6, 6.07) is 0. The van der Waals surface area contributed by atoms with Crippen LogP contribution in [0.25, 0.3) is 0 Å². The lowest BCUT2D eigenvalue weighted by atomic mass is 10.3. The standard InChI is InChI=1S/C8H12ClN5O2/c1-10-7-11-6(9)12-8(13-7)14-2-4(15)5(16)3-14/h4-5,15-16H,2-3H2,1H3,(H,10,11,12,13). The Hall–Kier alpha value is -1.18. The van der Waals surface area contributed by atoms with Gasteiger partial charge in [-0.3, -0.25) is 0 Å². The molecule has 0 amide bonds. The molecule has 3 N–H and O–H groups in total. The van der Waals surface area contributed by atoms with Crippen molar-refractivity contribution in [3.05, 3.63) is 5.28 Å². The molecule has 2 atom stereocenters. The highest BCUT2D eigenvalue weighted by atomic mass is 35.5. The summed E-state index contributed by atoms with van der Waals surface area (Å²) in [7, 11) is 1.67. The fourth-order valence-corrected chi connectivity index (χ4v) is 1.68. The summed E-state index contributed by atoms with van der Waals surface area (Å²) in [5, 5.41) is 21.7. The van der Waals surface area contributed by atoms with Crippen molar-refractivity contribution in [3.8, 4) is 0 Å². The van der Waals surface area contributed by atoms with Crippen LogP contribution < -0.4 is 10.2 Å². The number of nitrogens with one attached hydrogen (secondary N) is 1. The van der Waals surface area contributed by atoms with E-state index in [4.69, 9.17) is 11.6 Å². The second kappa shape index (κ2) is 4.36. The Bertz CT molecular complexity index is 381. The molecule has 1 aliphatic heterocycles. The molecule has 16 heavy (non-hydrogen) atoms. The van der Waals surface area contributed by atoms with E-state index in [-0.39, 0.29) is 18.4 Å². The number of anilines is 2. The number of aromatic nitrogens is 3. The Kier molecular flexibility index (Phi) is 3.08. The molecule has 88 valence electrons. The van der Waals surface area contributed by atoms with Gasteiger partial charge in [0, 0.05) is 20.1 Å². The van der Waals surface area contributed by atoms with Gasteiger partial charge in [-0.15, -0.1) is 0 Å². The first-order chi connectivity index (χ1) is 7.60. The van der Waals surface area contributed by atoms with Gasteiger partial charge in [-0.05, 0) is 11.6 Å². The average molecular weight is 246 g/mol. The Morgan fingerprint density at radius 3 is 2.44 bits per heavy atom. The first-order valence-corrected chi connectivity index (χ1v) is 5.18. The summed E-state index contributed by atoms with van der Waals surface area (Å²) in [5.74, 6) is 0.700. The molecule has 0 spiro atoms. The van der Waals surface area contributed by atoms with Crippen LogP contribution in [-0.4, -0.2) is 57.5 Å². The van der Waals surface area contributed by atoms with Gasteiger partial charge in [0.2, 0.25) is 17.2 Å². The quantitative estimate of drug-likeness (QED) is 0.622. The summed E-state index contributed by atoms with van der Waals surface area (Å²) < 4.78 is 0. The van der Waals surface area contributed by atoms with E-state index in [0.29, 0.717) is 11.9 Å². The lowest BCUT2D eigenvalue weighted by molar-refractivity contribution is 0.0572. The molecule has 1 aromatic heterocycles. The van der Waals surface area contributed by atoms with E-state index in [2.05, 4.69) is 20.3 Å². The third-order valence-corrected chi connectivity index (χ3v) is 2.53. The molecule has 1 aliphatic rings. The predicted molar refractivity (Wildman–Crippen MR) is 58.6 cm³/mol. The molecule has 1 saturated heterocycles. The minimum absolute atomic E-state index is 0.0743. The summed E-state index contributed by atoms with van der Waals surface area (Å²) in [4.78, 5) is 13.5. The number of aliphatic hydroxyl groups excluding tert-OH is 2. The van der Waals surface area contributed by atoms with Crippen molar-refractivity contribution in [2.45, 2.75) is 12.2 Å². The SMILES string of the molecule is CNc1nc(Cl)nc(N2CC(O)C(O)C2)n1. The number of nitrogens with zero attached hydrogens (tertiary/aromatic N) is 4. The molecule has 0 aromatic carbocycles. The molecular weight excluding hydrogens is 234 g/mol. The lowest BCUT2D eigenvalue weighted by Gasteiger charge is -2.15. The topological polar surface area (TPSA) is 94.4 Å². The van der Waals surface area contributed by atoms with Crippen molar-refractivity contribution in [2.75, 3.05) is 30.4 Å². The van der Waals surface area contributed by atoms with E-state index in [9.17, 15) is 10.2 Å². The maximum absolute atomic E-state index is 9.41. The molecule has 0 aliphatic carbocycles. The Balaban J connectivity index is 2.24. The summed E-state index contributed by atoms with van der Waals surface area (Å²) in [6.07, 6.45) is -1.57. The normalized spacial score (nSPS) is 24.9. The number of hydrogen-bond donors (Lipinski definition) is 3. The summed E-state index contributed by atoms with van der Waals surface area (Å²) in [5.41, 5.74) is 0. The van der Waals surface area contributed by atoms with Crippen LogP contribution in [0.5, 0.6) is 0 Å². The fourth-order valence-electron chi connectivity index (χ4n) is 1.53. The van der Waals surface area contributed by atoms with Gasteiger partial charge >= 0.3 is 0 Å².